The van der Waals surface area contributed by atoms with Crippen molar-refractivity contribution in [3.05, 3.63) is 102 Å². The van der Waals surface area contributed by atoms with Gasteiger partial charge in [0.1, 0.15) is 0 Å². The Labute approximate surface area is 155 Å². The summed E-state index contributed by atoms with van der Waals surface area (Å²) in [5.74, 6) is 0. The Hall–Kier alpha value is -3.05. The monoisotopic (exact) mass is 338 g/mol. The topological polar surface area (TPSA) is 27.0 Å². The molecule has 128 valence electrons. The van der Waals surface area contributed by atoms with Crippen molar-refractivity contribution in [2.24, 2.45) is 0 Å². The molecule has 1 aliphatic rings. The van der Waals surface area contributed by atoms with Crippen molar-refractivity contribution in [2.45, 2.75) is 24.8 Å². The van der Waals surface area contributed by atoms with E-state index in [2.05, 4.69) is 90.7 Å². The number of hydrogen-bond donors (Lipinski definition) is 0. The zero-order valence-electron chi connectivity index (χ0n) is 15.0. The standard InChI is InChI=1S/C24H22N2/c1-19-16-24(21-8-4-2-5-9-21,22-10-6-3-7-11-22)18-26(19)23-14-12-20(17-25)13-15-23/h2-15,19H,16,18H2,1H3. The molecule has 0 N–H and O–H groups in total. The second-order valence-electron chi connectivity index (χ2n) is 7.15. The van der Waals surface area contributed by atoms with Gasteiger partial charge in [-0.15, -0.1) is 0 Å². The molecule has 1 saturated heterocycles. The van der Waals surface area contributed by atoms with Crippen molar-refractivity contribution in [1.82, 2.24) is 0 Å². The molecular formula is C24H22N2. The lowest BCUT2D eigenvalue weighted by Gasteiger charge is -2.31. The fourth-order valence-corrected chi connectivity index (χ4v) is 4.30. The van der Waals surface area contributed by atoms with Crippen LogP contribution in [0, 0.1) is 11.3 Å². The minimum absolute atomic E-state index is 0.0180. The molecule has 0 radical (unpaired) electrons. The number of rotatable bonds is 3. The Morgan fingerprint density at radius 2 is 1.38 bits per heavy atom. The summed E-state index contributed by atoms with van der Waals surface area (Å²) < 4.78 is 0. The summed E-state index contributed by atoms with van der Waals surface area (Å²) in [6.45, 7) is 3.24. The average Bonchev–Trinajstić information content (AvgIpc) is 3.08. The molecule has 1 fully saturated rings. The van der Waals surface area contributed by atoms with E-state index < -0.39 is 0 Å². The van der Waals surface area contributed by atoms with E-state index in [4.69, 9.17) is 5.26 Å². The SMILES string of the molecule is CC1CC(c2ccccc2)(c2ccccc2)CN1c1ccc(C#N)cc1. The number of hydrogen-bond acceptors (Lipinski definition) is 2. The summed E-state index contributed by atoms with van der Waals surface area (Å²) in [5.41, 5.74) is 4.61. The van der Waals surface area contributed by atoms with Crippen molar-refractivity contribution in [3.8, 4) is 6.07 Å². The van der Waals surface area contributed by atoms with E-state index in [9.17, 15) is 0 Å². The van der Waals surface area contributed by atoms with Gasteiger partial charge in [0.15, 0.2) is 0 Å². The summed E-state index contributed by atoms with van der Waals surface area (Å²) in [5, 5.41) is 9.06. The molecule has 1 aliphatic heterocycles. The van der Waals surface area contributed by atoms with Gasteiger partial charge in [-0.1, -0.05) is 60.7 Å². The largest absolute Gasteiger partial charge is 0.368 e. The van der Waals surface area contributed by atoms with E-state index in [0.717, 1.165) is 13.0 Å². The molecule has 1 atom stereocenters. The highest BCUT2D eigenvalue weighted by Crippen LogP contribution is 2.45. The first-order chi connectivity index (χ1) is 12.7. The highest BCUT2D eigenvalue weighted by molar-refractivity contribution is 5.55. The van der Waals surface area contributed by atoms with E-state index in [-0.39, 0.29) is 5.41 Å². The molecule has 3 aromatic rings. The first-order valence-corrected chi connectivity index (χ1v) is 9.11. The molecule has 1 heterocycles. The van der Waals surface area contributed by atoms with Gasteiger partial charge in [-0.25, -0.2) is 0 Å². The van der Waals surface area contributed by atoms with Crippen LogP contribution in [0.1, 0.15) is 30.0 Å². The van der Waals surface area contributed by atoms with Crippen LogP contribution in [0.15, 0.2) is 84.9 Å². The molecule has 26 heavy (non-hydrogen) atoms. The molecule has 2 nitrogen and oxygen atoms in total. The Kier molecular flexibility index (Phi) is 4.22. The second-order valence-corrected chi connectivity index (χ2v) is 7.15. The molecule has 0 amide bonds. The van der Waals surface area contributed by atoms with E-state index in [0.29, 0.717) is 11.6 Å². The van der Waals surface area contributed by atoms with Crippen molar-refractivity contribution >= 4 is 5.69 Å². The van der Waals surface area contributed by atoms with Crippen LogP contribution in [0.4, 0.5) is 5.69 Å². The predicted octanol–water partition coefficient (Wildman–Crippen LogP) is 5.14. The normalized spacial score (nSPS) is 18.5. The van der Waals surface area contributed by atoms with Gasteiger partial charge in [-0.3, -0.25) is 0 Å². The van der Waals surface area contributed by atoms with E-state index >= 15 is 0 Å². The maximum atomic E-state index is 9.06. The molecule has 1 unspecified atom stereocenters. The average molecular weight is 338 g/mol. The Morgan fingerprint density at radius 3 is 1.88 bits per heavy atom. The molecule has 2 heteroatoms. The number of anilines is 1. The van der Waals surface area contributed by atoms with Crippen LogP contribution in [0.5, 0.6) is 0 Å². The quantitative estimate of drug-likeness (QED) is 0.661. The Bertz CT molecular complexity index is 868. The molecule has 0 aliphatic carbocycles. The van der Waals surface area contributed by atoms with Crippen LogP contribution in [0.2, 0.25) is 0 Å². The zero-order valence-corrected chi connectivity index (χ0v) is 15.0. The third-order valence-electron chi connectivity index (χ3n) is 5.60. The summed E-state index contributed by atoms with van der Waals surface area (Å²) >= 11 is 0. The molecule has 3 aromatic carbocycles. The van der Waals surface area contributed by atoms with Crippen LogP contribution in [0.3, 0.4) is 0 Å². The first kappa shape index (κ1) is 16.4. The fourth-order valence-electron chi connectivity index (χ4n) is 4.30. The molecule has 0 aromatic heterocycles. The van der Waals surface area contributed by atoms with Crippen LogP contribution in [-0.4, -0.2) is 12.6 Å². The summed E-state index contributed by atoms with van der Waals surface area (Å²) in [6.07, 6.45) is 1.07. The maximum Gasteiger partial charge on any atom is 0.0991 e. The van der Waals surface area contributed by atoms with Gasteiger partial charge in [0.05, 0.1) is 11.6 Å². The van der Waals surface area contributed by atoms with Gasteiger partial charge in [-0.05, 0) is 48.7 Å². The molecule has 0 spiro atoms. The van der Waals surface area contributed by atoms with E-state index in [1.807, 2.05) is 12.1 Å². The summed E-state index contributed by atoms with van der Waals surface area (Å²) in [4.78, 5) is 2.47. The minimum Gasteiger partial charge on any atom is -0.368 e. The van der Waals surface area contributed by atoms with Gasteiger partial charge < -0.3 is 4.90 Å². The minimum atomic E-state index is -0.0180. The zero-order chi connectivity index (χ0) is 18.0. The molecule has 0 saturated carbocycles. The fraction of sp³-hybridized carbons (Fsp3) is 0.208. The van der Waals surface area contributed by atoms with Crippen LogP contribution < -0.4 is 4.90 Å². The van der Waals surface area contributed by atoms with E-state index in [1.54, 1.807) is 0 Å². The van der Waals surface area contributed by atoms with Crippen molar-refractivity contribution in [3.63, 3.8) is 0 Å². The summed E-state index contributed by atoms with van der Waals surface area (Å²) in [7, 11) is 0. The van der Waals surface area contributed by atoms with Gasteiger partial charge in [0.25, 0.3) is 0 Å². The molecule has 4 rings (SSSR count). The third kappa shape index (κ3) is 2.76. The molecule has 0 bridgehead atoms. The molecular weight excluding hydrogens is 316 g/mol. The first-order valence-electron chi connectivity index (χ1n) is 9.11. The van der Waals surface area contributed by atoms with Gasteiger partial charge in [0.2, 0.25) is 0 Å². The second kappa shape index (κ2) is 6.69. The van der Waals surface area contributed by atoms with Crippen LogP contribution in [0.25, 0.3) is 0 Å². The third-order valence-corrected chi connectivity index (χ3v) is 5.60. The highest BCUT2D eigenvalue weighted by Gasteiger charge is 2.44. The lowest BCUT2D eigenvalue weighted by Crippen LogP contribution is -2.33. The van der Waals surface area contributed by atoms with Crippen molar-refractivity contribution < 1.29 is 0 Å². The van der Waals surface area contributed by atoms with Crippen molar-refractivity contribution in [2.75, 3.05) is 11.4 Å². The van der Waals surface area contributed by atoms with Crippen molar-refractivity contribution in [1.29, 1.82) is 5.26 Å². The smallest absolute Gasteiger partial charge is 0.0991 e. The van der Waals surface area contributed by atoms with Gasteiger partial charge in [0, 0.05) is 23.7 Å². The van der Waals surface area contributed by atoms with Gasteiger partial charge >= 0.3 is 0 Å². The summed E-state index contributed by atoms with van der Waals surface area (Å²) in [6, 6.07) is 32.3. The van der Waals surface area contributed by atoms with E-state index in [1.165, 1.54) is 16.8 Å². The lowest BCUT2D eigenvalue weighted by molar-refractivity contribution is 0.555. The maximum absolute atomic E-state index is 9.06. The number of nitrogens with zero attached hydrogens (tertiary/aromatic N) is 2. The highest BCUT2D eigenvalue weighted by atomic mass is 15.2. The Morgan fingerprint density at radius 1 is 0.846 bits per heavy atom. The van der Waals surface area contributed by atoms with Crippen LogP contribution in [-0.2, 0) is 5.41 Å². The lowest BCUT2D eigenvalue weighted by atomic mass is 9.73. The van der Waals surface area contributed by atoms with Gasteiger partial charge in [-0.2, -0.15) is 5.26 Å². The Balaban J connectivity index is 1.78. The number of benzene rings is 3. The predicted molar refractivity (Wildman–Crippen MR) is 106 cm³/mol. The van der Waals surface area contributed by atoms with Crippen LogP contribution >= 0.6 is 0 Å². The number of nitriles is 1.